The lowest BCUT2D eigenvalue weighted by atomic mass is 9.92. The van der Waals surface area contributed by atoms with Gasteiger partial charge >= 0.3 is 24.5 Å². The van der Waals surface area contributed by atoms with E-state index in [1.807, 2.05) is 24.3 Å². The van der Waals surface area contributed by atoms with Gasteiger partial charge in [-0.15, -0.1) is 0 Å². The fraction of sp³-hybridized carbons (Fsp3) is 0.292. The predicted octanol–water partition coefficient (Wildman–Crippen LogP) is 6.31. The van der Waals surface area contributed by atoms with E-state index in [-0.39, 0.29) is 19.2 Å². The van der Waals surface area contributed by atoms with Crippen molar-refractivity contribution in [1.29, 1.82) is 0 Å². The highest BCUT2D eigenvalue weighted by atomic mass is 19.4. The fourth-order valence-corrected chi connectivity index (χ4v) is 4.04. The average Bonchev–Trinajstić information content (AvgIpc) is 2.82. The van der Waals surface area contributed by atoms with Crippen molar-refractivity contribution in [2.45, 2.75) is 31.9 Å². The van der Waals surface area contributed by atoms with Crippen molar-refractivity contribution in [1.82, 2.24) is 15.2 Å². The number of ether oxygens (including phenoxy) is 1. The molecule has 3 aromatic rings. The molecule has 1 aliphatic heterocycles. The van der Waals surface area contributed by atoms with Crippen LogP contribution >= 0.6 is 0 Å². The maximum Gasteiger partial charge on any atom is 0.418 e. The van der Waals surface area contributed by atoms with E-state index in [9.17, 15) is 35.9 Å². The first kappa shape index (κ1) is 25.3. The number of nitrogens with one attached hydrogen (secondary N) is 1. The minimum absolute atomic E-state index is 0.000700. The Morgan fingerprint density at radius 2 is 1.69 bits per heavy atom. The number of hydrogen-bond acceptors (Lipinski definition) is 4. The second-order valence-electron chi connectivity index (χ2n) is 8.41. The molecule has 1 aromatic heterocycles. The molecule has 4 rings (SSSR count). The molecular formula is C24H19F6N3O3. The van der Waals surface area contributed by atoms with E-state index >= 15 is 0 Å². The molecule has 0 unspecified atom stereocenters. The summed E-state index contributed by atoms with van der Waals surface area (Å²) in [5.74, 6) is -0.794. The van der Waals surface area contributed by atoms with Gasteiger partial charge < -0.3 is 10.1 Å². The summed E-state index contributed by atoms with van der Waals surface area (Å²) in [6.07, 6.45) is -9.46. The number of aromatic nitrogens is 1. The molecule has 1 N–H and O–H groups in total. The van der Waals surface area contributed by atoms with Crippen LogP contribution in [0.15, 0.2) is 54.9 Å². The molecular weight excluding hydrogens is 492 g/mol. The van der Waals surface area contributed by atoms with Gasteiger partial charge in [0.2, 0.25) is 0 Å². The Hall–Kier alpha value is -3.83. The second kappa shape index (κ2) is 9.32. The number of benzene rings is 2. The van der Waals surface area contributed by atoms with Crippen LogP contribution in [0.25, 0.3) is 10.8 Å². The monoisotopic (exact) mass is 511 g/mol. The van der Waals surface area contributed by atoms with E-state index in [1.165, 1.54) is 6.92 Å². The zero-order valence-electron chi connectivity index (χ0n) is 18.7. The molecule has 2 aromatic carbocycles. The first-order valence-corrected chi connectivity index (χ1v) is 10.7. The molecule has 3 amide bonds. The maximum absolute atomic E-state index is 13.2. The Morgan fingerprint density at radius 1 is 1.06 bits per heavy atom. The van der Waals surface area contributed by atoms with Crippen LogP contribution in [0.2, 0.25) is 0 Å². The predicted molar refractivity (Wildman–Crippen MR) is 116 cm³/mol. The smallest absolute Gasteiger partial charge is 0.418 e. The lowest BCUT2D eigenvalue weighted by Crippen LogP contribution is -2.50. The van der Waals surface area contributed by atoms with Crippen LogP contribution < -0.4 is 5.32 Å². The minimum atomic E-state index is -5.04. The van der Waals surface area contributed by atoms with Gasteiger partial charge in [-0.2, -0.15) is 26.3 Å². The Balaban J connectivity index is 1.51. The van der Waals surface area contributed by atoms with Gasteiger partial charge in [-0.05, 0) is 34.7 Å². The van der Waals surface area contributed by atoms with Crippen molar-refractivity contribution >= 4 is 22.9 Å². The molecule has 0 aliphatic carbocycles. The highest BCUT2D eigenvalue weighted by Gasteiger charge is 2.41. The van der Waals surface area contributed by atoms with Crippen LogP contribution in [-0.4, -0.2) is 28.6 Å². The average molecular weight is 511 g/mol. The number of rotatable bonds is 3. The topological polar surface area (TPSA) is 71.5 Å². The van der Waals surface area contributed by atoms with Crippen molar-refractivity contribution in [3.8, 4) is 0 Å². The van der Waals surface area contributed by atoms with Gasteiger partial charge in [-0.25, -0.2) is 14.5 Å². The van der Waals surface area contributed by atoms with Gasteiger partial charge in [0.15, 0.2) is 0 Å². The molecule has 0 radical (unpaired) electrons. The summed E-state index contributed by atoms with van der Waals surface area (Å²) in [6.45, 7) is 1.21. The van der Waals surface area contributed by atoms with Crippen LogP contribution in [-0.2, 0) is 23.6 Å². The van der Waals surface area contributed by atoms with Gasteiger partial charge in [0.25, 0.3) is 0 Å². The number of pyridine rings is 1. The Morgan fingerprint density at radius 3 is 2.33 bits per heavy atom. The quantitative estimate of drug-likeness (QED) is 0.419. The third kappa shape index (κ3) is 5.21. The first-order chi connectivity index (χ1) is 16.8. The zero-order chi connectivity index (χ0) is 26.3. The molecule has 0 spiro atoms. The van der Waals surface area contributed by atoms with Crippen molar-refractivity contribution < 1.29 is 40.7 Å². The number of alkyl halides is 6. The van der Waals surface area contributed by atoms with Crippen molar-refractivity contribution in [2.75, 3.05) is 6.54 Å². The standard InChI is InChI=1S/C24H19F6N3O3/c1-13-12-33(21(34)32-11-16-10-31-9-14-4-2-3-5-19(14)16)22(35)36-20(13)15-6-17(23(25,26)27)8-18(7-15)24(28,29)30/h2-10,13,20H,11-12H2,1H3,(H,32,34)/t13-,20-/m0/s1. The van der Waals surface area contributed by atoms with Crippen LogP contribution in [0.1, 0.15) is 35.3 Å². The minimum Gasteiger partial charge on any atom is -0.441 e. The number of halogens is 6. The molecule has 1 fully saturated rings. The van der Waals surface area contributed by atoms with E-state index in [0.717, 1.165) is 15.7 Å². The number of carbonyl (C=O) groups excluding carboxylic acids is 2. The van der Waals surface area contributed by atoms with Crippen LogP contribution in [0.3, 0.4) is 0 Å². The van der Waals surface area contributed by atoms with Gasteiger partial charge in [0, 0.05) is 36.8 Å². The Bertz CT molecular complexity index is 1270. The lowest BCUT2D eigenvalue weighted by Gasteiger charge is -2.35. The van der Waals surface area contributed by atoms with Crippen LogP contribution in [0.5, 0.6) is 0 Å². The van der Waals surface area contributed by atoms with Crippen molar-refractivity contribution in [3.05, 3.63) is 77.1 Å². The number of fused-ring (bicyclic) bond motifs is 1. The molecule has 2 atom stereocenters. The van der Waals surface area contributed by atoms with E-state index in [1.54, 1.807) is 12.4 Å². The molecule has 0 saturated carbocycles. The molecule has 1 saturated heterocycles. The third-order valence-electron chi connectivity index (χ3n) is 5.80. The van der Waals surface area contributed by atoms with Gasteiger partial charge in [-0.1, -0.05) is 31.2 Å². The summed E-state index contributed by atoms with van der Waals surface area (Å²) in [5.41, 5.74) is -2.81. The van der Waals surface area contributed by atoms with Gasteiger partial charge in [0.05, 0.1) is 11.1 Å². The maximum atomic E-state index is 13.2. The fourth-order valence-electron chi connectivity index (χ4n) is 4.04. The second-order valence-corrected chi connectivity index (χ2v) is 8.41. The summed E-state index contributed by atoms with van der Waals surface area (Å²) >= 11 is 0. The number of nitrogens with zero attached hydrogens (tertiary/aromatic N) is 2. The molecule has 2 heterocycles. The number of urea groups is 1. The summed E-state index contributed by atoms with van der Waals surface area (Å²) in [4.78, 5) is 30.0. The molecule has 12 heteroatoms. The number of imide groups is 1. The summed E-state index contributed by atoms with van der Waals surface area (Å²) in [6, 6.07) is 7.55. The number of amides is 3. The highest BCUT2D eigenvalue weighted by Crippen LogP contribution is 2.40. The van der Waals surface area contributed by atoms with E-state index in [0.29, 0.717) is 17.7 Å². The summed E-state index contributed by atoms with van der Waals surface area (Å²) in [5, 5.41) is 4.26. The zero-order valence-corrected chi connectivity index (χ0v) is 18.7. The highest BCUT2D eigenvalue weighted by molar-refractivity contribution is 5.92. The normalized spacial score (nSPS) is 18.8. The Labute approximate surface area is 200 Å². The summed E-state index contributed by atoms with van der Waals surface area (Å²) < 4.78 is 84.5. The molecule has 190 valence electrons. The lowest BCUT2D eigenvalue weighted by molar-refractivity contribution is -0.143. The number of hydrogen-bond donors (Lipinski definition) is 1. The van der Waals surface area contributed by atoms with Gasteiger partial charge in [0.1, 0.15) is 6.10 Å². The first-order valence-electron chi connectivity index (χ1n) is 10.7. The molecule has 6 nitrogen and oxygen atoms in total. The molecule has 36 heavy (non-hydrogen) atoms. The molecule has 0 bridgehead atoms. The van der Waals surface area contributed by atoms with E-state index < -0.39 is 53.2 Å². The van der Waals surface area contributed by atoms with Crippen molar-refractivity contribution in [2.24, 2.45) is 5.92 Å². The van der Waals surface area contributed by atoms with E-state index in [4.69, 9.17) is 4.74 Å². The Kier molecular flexibility index (Phi) is 6.54. The summed E-state index contributed by atoms with van der Waals surface area (Å²) in [7, 11) is 0. The van der Waals surface area contributed by atoms with Crippen LogP contribution in [0, 0.1) is 5.92 Å². The largest absolute Gasteiger partial charge is 0.441 e. The third-order valence-corrected chi connectivity index (χ3v) is 5.80. The van der Waals surface area contributed by atoms with Gasteiger partial charge in [-0.3, -0.25) is 4.98 Å². The van der Waals surface area contributed by atoms with Crippen molar-refractivity contribution in [3.63, 3.8) is 0 Å². The SMILES string of the molecule is C[C@H]1CN(C(=O)NCc2cncc3ccccc23)C(=O)O[C@@H]1c1cc(C(F)(F)F)cc(C(F)(F)F)c1. The van der Waals surface area contributed by atoms with Crippen LogP contribution in [0.4, 0.5) is 35.9 Å². The molecule has 1 aliphatic rings. The van der Waals surface area contributed by atoms with E-state index in [2.05, 4.69) is 10.3 Å². The number of cyclic esters (lactones) is 1. The number of carbonyl (C=O) groups is 2.